The van der Waals surface area contributed by atoms with Gasteiger partial charge in [-0.1, -0.05) is 30.3 Å². The summed E-state index contributed by atoms with van der Waals surface area (Å²) in [6, 6.07) is 19.2. The van der Waals surface area contributed by atoms with Gasteiger partial charge in [0.05, 0.1) is 0 Å². The Balaban J connectivity index is 0.000000102. The first-order chi connectivity index (χ1) is 6.39. The summed E-state index contributed by atoms with van der Waals surface area (Å²) in [5, 5.41) is 0. The lowest BCUT2D eigenvalue weighted by molar-refractivity contribution is 1.70. The third-order valence-electron chi connectivity index (χ3n) is 1.87. The summed E-state index contributed by atoms with van der Waals surface area (Å²) in [5.41, 5.74) is 8.76. The molecule has 0 aliphatic heterocycles. The second-order valence-corrected chi connectivity index (χ2v) is 2.77. The van der Waals surface area contributed by atoms with Crippen LogP contribution in [0.5, 0.6) is 0 Å². The van der Waals surface area contributed by atoms with E-state index in [4.69, 9.17) is 5.73 Å². The van der Waals surface area contributed by atoms with Crippen LogP contribution in [0.25, 0.3) is 11.1 Å². The fourth-order valence-electron chi connectivity index (χ4n) is 1.09. The van der Waals surface area contributed by atoms with Gasteiger partial charge in [-0.2, -0.15) is 0 Å². The summed E-state index contributed by atoms with van der Waals surface area (Å²) < 4.78 is 0. The lowest BCUT2D eigenvalue weighted by atomic mass is 10.4. The van der Waals surface area contributed by atoms with E-state index in [1.807, 2.05) is 42.5 Å². The molecule has 2 aliphatic carbocycles. The highest BCUT2D eigenvalue weighted by Gasteiger charge is 2.18. The molecule has 0 aromatic heterocycles. The van der Waals surface area contributed by atoms with Crippen molar-refractivity contribution in [2.75, 3.05) is 5.73 Å². The number of hydrogen-bond acceptors (Lipinski definition) is 1. The predicted molar refractivity (Wildman–Crippen MR) is 54.0 cm³/mol. The number of hydrogen-bond donors (Lipinski definition) is 1. The molecule has 0 saturated carbocycles. The first-order valence-corrected chi connectivity index (χ1v) is 4.10. The van der Waals surface area contributed by atoms with Crippen molar-refractivity contribution in [3.8, 4) is 11.1 Å². The fourth-order valence-corrected chi connectivity index (χ4v) is 1.09. The van der Waals surface area contributed by atoms with Gasteiger partial charge in [-0.3, -0.25) is 0 Å². The Morgan fingerprint density at radius 3 is 1.69 bits per heavy atom. The van der Waals surface area contributed by atoms with Gasteiger partial charge in [0.25, 0.3) is 0 Å². The van der Waals surface area contributed by atoms with Gasteiger partial charge in [-0.05, 0) is 24.3 Å². The van der Waals surface area contributed by atoms with Crippen molar-refractivity contribution in [2.24, 2.45) is 0 Å². The van der Waals surface area contributed by atoms with Crippen molar-refractivity contribution in [3.63, 3.8) is 0 Å². The lowest BCUT2D eigenvalue weighted by Gasteiger charge is -1.68. The van der Waals surface area contributed by atoms with Crippen molar-refractivity contribution >= 4 is 5.69 Å². The molecule has 0 bridgehead atoms. The molecule has 0 unspecified atom stereocenters. The molecule has 0 atom stereocenters. The van der Waals surface area contributed by atoms with E-state index in [0.717, 1.165) is 5.69 Å². The standard InChI is InChI=1S/C6H4N.C6H5/c7-6-4-2-1-3-5(4)6;1-2-4-6-5-3-1/h2-3H,7H2;1-5H. The van der Waals surface area contributed by atoms with Crippen molar-refractivity contribution < 1.29 is 0 Å². The average Bonchev–Trinajstić information content (AvgIpc) is 2.69. The van der Waals surface area contributed by atoms with Crippen molar-refractivity contribution in [1.29, 1.82) is 0 Å². The summed E-state index contributed by atoms with van der Waals surface area (Å²) in [6.45, 7) is 0. The number of nitrogens with two attached hydrogens (primary N) is 1. The maximum absolute atomic E-state index is 5.41. The summed E-state index contributed by atoms with van der Waals surface area (Å²) in [4.78, 5) is 0. The van der Waals surface area contributed by atoms with E-state index < -0.39 is 0 Å². The van der Waals surface area contributed by atoms with Crippen LogP contribution in [0.4, 0.5) is 5.69 Å². The Kier molecular flexibility index (Phi) is 2.01. The zero-order valence-electron chi connectivity index (χ0n) is 7.12. The molecule has 1 aromatic carbocycles. The highest BCUT2D eigenvalue weighted by molar-refractivity contribution is 6.02. The van der Waals surface area contributed by atoms with E-state index >= 15 is 0 Å². The van der Waals surface area contributed by atoms with Crippen LogP contribution in [0.15, 0.2) is 42.5 Å². The second kappa shape index (κ2) is 3.31. The van der Waals surface area contributed by atoms with Crippen molar-refractivity contribution in [2.45, 2.75) is 0 Å². The summed E-state index contributed by atoms with van der Waals surface area (Å²) in [5.74, 6) is 0. The molecule has 1 nitrogen and oxygen atoms in total. The monoisotopic (exact) mass is 167 g/mol. The van der Waals surface area contributed by atoms with E-state index in [0.29, 0.717) is 0 Å². The molecule has 0 fully saturated rings. The molecule has 0 spiro atoms. The summed E-state index contributed by atoms with van der Waals surface area (Å²) in [6.07, 6.45) is 0. The van der Waals surface area contributed by atoms with Crippen molar-refractivity contribution in [1.82, 2.24) is 0 Å². The van der Waals surface area contributed by atoms with Gasteiger partial charge in [-0.25, -0.2) is 0 Å². The number of benzene rings is 2. The highest BCUT2D eigenvalue weighted by atomic mass is 14.6. The molecule has 13 heavy (non-hydrogen) atoms. The SMILES string of the molecule is Nc1c2c[c]cc1-2.[c]1ccccc1. The number of anilines is 1. The number of rotatable bonds is 0. The first kappa shape index (κ1) is 7.87. The third-order valence-corrected chi connectivity index (χ3v) is 1.87. The molecular formula is C12H9N. The molecule has 2 N–H and O–H groups in total. The van der Waals surface area contributed by atoms with Gasteiger partial charge in [-0.15, -0.1) is 0 Å². The smallest absolute Gasteiger partial charge is 0.0475 e. The Hall–Kier alpha value is -1.76. The van der Waals surface area contributed by atoms with Crippen LogP contribution in [-0.4, -0.2) is 0 Å². The Morgan fingerprint density at radius 1 is 0.846 bits per heavy atom. The van der Waals surface area contributed by atoms with E-state index in [1.165, 1.54) is 11.1 Å². The summed E-state index contributed by atoms with van der Waals surface area (Å²) in [7, 11) is 0. The molecule has 2 radical (unpaired) electrons. The highest BCUT2D eigenvalue weighted by Crippen LogP contribution is 2.45. The lowest BCUT2D eigenvalue weighted by Crippen LogP contribution is -1.67. The topological polar surface area (TPSA) is 26.0 Å². The maximum atomic E-state index is 5.41. The molecule has 1 aromatic rings. The van der Waals surface area contributed by atoms with E-state index in [2.05, 4.69) is 12.1 Å². The zero-order valence-corrected chi connectivity index (χ0v) is 7.12. The Morgan fingerprint density at radius 2 is 1.46 bits per heavy atom. The zero-order chi connectivity index (χ0) is 9.10. The van der Waals surface area contributed by atoms with Gasteiger partial charge in [0.1, 0.15) is 0 Å². The van der Waals surface area contributed by atoms with Crippen molar-refractivity contribution in [3.05, 3.63) is 54.6 Å². The van der Waals surface area contributed by atoms with E-state index in [-0.39, 0.29) is 0 Å². The Labute approximate surface area is 77.8 Å². The molecule has 0 saturated heterocycles. The molecule has 1 heteroatoms. The van der Waals surface area contributed by atoms with Crippen LogP contribution < -0.4 is 5.73 Å². The quantitative estimate of drug-likeness (QED) is 0.511. The normalized spacial score (nSPS) is 9.85. The minimum Gasteiger partial charge on any atom is -0.398 e. The van der Waals surface area contributed by atoms with Crippen LogP contribution in [0.3, 0.4) is 0 Å². The van der Waals surface area contributed by atoms with Gasteiger partial charge >= 0.3 is 0 Å². The van der Waals surface area contributed by atoms with Gasteiger partial charge in [0, 0.05) is 16.8 Å². The third kappa shape index (κ3) is 1.70. The molecule has 0 amide bonds. The van der Waals surface area contributed by atoms with Crippen LogP contribution >= 0.6 is 0 Å². The minimum atomic E-state index is 0.957. The number of nitrogen functional groups attached to an aromatic ring is 1. The second-order valence-electron chi connectivity index (χ2n) is 2.77. The fraction of sp³-hybridized carbons (Fsp3) is 0. The average molecular weight is 167 g/mol. The predicted octanol–water partition coefficient (Wildman–Crippen LogP) is 2.54. The van der Waals surface area contributed by atoms with Gasteiger partial charge < -0.3 is 5.73 Å². The largest absolute Gasteiger partial charge is 0.398 e. The van der Waals surface area contributed by atoms with E-state index in [9.17, 15) is 0 Å². The molecule has 62 valence electrons. The first-order valence-electron chi connectivity index (χ1n) is 4.10. The van der Waals surface area contributed by atoms with Crippen LogP contribution in [-0.2, 0) is 0 Å². The molecule has 3 rings (SSSR count). The van der Waals surface area contributed by atoms with Crippen LogP contribution in [0, 0.1) is 12.1 Å². The van der Waals surface area contributed by atoms with Gasteiger partial charge in [0.2, 0.25) is 0 Å². The Bertz CT molecular complexity index is 346. The van der Waals surface area contributed by atoms with Crippen LogP contribution in [0.2, 0.25) is 0 Å². The molecule has 2 aliphatic rings. The molecular weight excluding hydrogens is 158 g/mol. The number of fused-ring (bicyclic) bond motifs is 1. The van der Waals surface area contributed by atoms with Crippen LogP contribution in [0.1, 0.15) is 0 Å². The van der Waals surface area contributed by atoms with E-state index in [1.54, 1.807) is 0 Å². The van der Waals surface area contributed by atoms with Gasteiger partial charge in [0.15, 0.2) is 0 Å². The maximum Gasteiger partial charge on any atom is 0.0475 e. The molecule has 0 heterocycles. The summed E-state index contributed by atoms with van der Waals surface area (Å²) >= 11 is 0. The minimum absolute atomic E-state index is 0.957.